The van der Waals surface area contributed by atoms with Crippen LogP contribution >= 0.6 is 0 Å². The van der Waals surface area contributed by atoms with Crippen LogP contribution in [0.2, 0.25) is 0 Å². The molecule has 3 aromatic carbocycles. The molecule has 11 heteroatoms. The number of carbonyl (C=O) groups is 2. The van der Waals surface area contributed by atoms with Crippen LogP contribution in [0.3, 0.4) is 0 Å². The predicted molar refractivity (Wildman–Crippen MR) is 165 cm³/mol. The Morgan fingerprint density at radius 3 is 2.33 bits per heavy atom. The van der Waals surface area contributed by atoms with Crippen LogP contribution in [0.1, 0.15) is 54.4 Å². The maximum absolute atomic E-state index is 13.6. The van der Waals surface area contributed by atoms with Crippen LogP contribution in [0.5, 0.6) is 0 Å². The summed E-state index contributed by atoms with van der Waals surface area (Å²) in [5.74, 6) is -0.755. The number of rotatable bonds is 8. The Morgan fingerprint density at radius 2 is 1.58 bits per heavy atom. The molecule has 0 spiro atoms. The van der Waals surface area contributed by atoms with Crippen LogP contribution in [0, 0.1) is 5.82 Å². The summed E-state index contributed by atoms with van der Waals surface area (Å²) in [5.41, 5.74) is 1.93. The normalized spacial score (nSPS) is 16.3. The van der Waals surface area contributed by atoms with E-state index in [0.29, 0.717) is 37.4 Å². The number of benzene rings is 3. The van der Waals surface area contributed by atoms with Gasteiger partial charge in [0.25, 0.3) is 15.9 Å². The minimum atomic E-state index is -3.87. The van der Waals surface area contributed by atoms with Crippen molar-refractivity contribution in [1.82, 2.24) is 15.5 Å². The van der Waals surface area contributed by atoms with Crippen molar-refractivity contribution in [2.45, 2.75) is 56.0 Å². The molecule has 0 aromatic heterocycles. The third kappa shape index (κ3) is 8.04. The second kappa shape index (κ2) is 13.9. The second-order valence-corrected chi connectivity index (χ2v) is 12.8. The molecule has 3 amide bonds. The third-order valence-electron chi connectivity index (χ3n) is 7.97. The van der Waals surface area contributed by atoms with Gasteiger partial charge in [-0.3, -0.25) is 9.52 Å². The Kier molecular flexibility index (Phi) is 9.81. The van der Waals surface area contributed by atoms with Crippen molar-refractivity contribution in [3.8, 4) is 0 Å². The fourth-order valence-electron chi connectivity index (χ4n) is 5.62. The molecule has 43 heavy (non-hydrogen) atoms. The van der Waals surface area contributed by atoms with Crippen LogP contribution in [0.15, 0.2) is 77.7 Å². The summed E-state index contributed by atoms with van der Waals surface area (Å²) in [4.78, 5) is 30.6. The smallest absolute Gasteiger partial charge is 0.317 e. The first-order valence-electron chi connectivity index (χ1n) is 14.8. The van der Waals surface area contributed by atoms with E-state index in [1.165, 1.54) is 36.8 Å². The van der Waals surface area contributed by atoms with E-state index in [4.69, 9.17) is 0 Å². The van der Waals surface area contributed by atoms with E-state index in [2.05, 4.69) is 20.3 Å². The van der Waals surface area contributed by atoms with Gasteiger partial charge in [0.15, 0.2) is 0 Å². The van der Waals surface area contributed by atoms with Gasteiger partial charge in [-0.15, -0.1) is 0 Å². The summed E-state index contributed by atoms with van der Waals surface area (Å²) < 4.78 is 41.9. The summed E-state index contributed by atoms with van der Waals surface area (Å²) in [6.45, 7) is 2.42. The van der Waals surface area contributed by atoms with Crippen LogP contribution in [0.25, 0.3) is 0 Å². The maximum atomic E-state index is 13.6. The van der Waals surface area contributed by atoms with E-state index >= 15 is 0 Å². The molecule has 0 bridgehead atoms. The minimum absolute atomic E-state index is 0.0447. The van der Waals surface area contributed by atoms with Crippen LogP contribution in [-0.4, -0.2) is 57.5 Å². The van der Waals surface area contributed by atoms with Gasteiger partial charge in [-0.05, 0) is 67.3 Å². The van der Waals surface area contributed by atoms with E-state index in [-0.39, 0.29) is 35.0 Å². The van der Waals surface area contributed by atoms with Gasteiger partial charge in [0.1, 0.15) is 5.82 Å². The van der Waals surface area contributed by atoms with Crippen LogP contribution in [0.4, 0.5) is 20.6 Å². The molecule has 0 atom stereocenters. The molecule has 5 rings (SSSR count). The second-order valence-electron chi connectivity index (χ2n) is 11.1. The Bertz CT molecular complexity index is 1510. The largest absolute Gasteiger partial charge is 0.369 e. The summed E-state index contributed by atoms with van der Waals surface area (Å²) in [6.07, 6.45) is 6.25. The molecule has 1 saturated heterocycles. The van der Waals surface area contributed by atoms with Gasteiger partial charge in [0.05, 0.1) is 10.5 Å². The van der Waals surface area contributed by atoms with Crippen LogP contribution < -0.4 is 20.3 Å². The summed E-state index contributed by atoms with van der Waals surface area (Å²) in [5, 5.41) is 6.08. The van der Waals surface area contributed by atoms with Gasteiger partial charge in [0.2, 0.25) is 0 Å². The first-order chi connectivity index (χ1) is 20.8. The van der Waals surface area contributed by atoms with Crippen molar-refractivity contribution in [2.24, 2.45) is 0 Å². The lowest BCUT2D eigenvalue weighted by Crippen LogP contribution is -2.46. The highest BCUT2D eigenvalue weighted by Crippen LogP contribution is 2.28. The SMILES string of the molecule is O=C(NCc1ccc(F)cc1)c1cc(NS(=O)(=O)c2ccccc2)ccc1N1CCCN(C(=O)NC2CCCCC2)CC1. The van der Waals surface area contributed by atoms with Gasteiger partial charge in [-0.25, -0.2) is 17.6 Å². The quantitative estimate of drug-likeness (QED) is 0.330. The van der Waals surface area contributed by atoms with Crippen molar-refractivity contribution < 1.29 is 22.4 Å². The number of sulfonamides is 1. The van der Waals surface area contributed by atoms with E-state index in [1.807, 2.05) is 4.90 Å². The standard InChI is InChI=1S/C32H38FN5O4S/c33-25-14-12-24(13-15-25)23-34-31(39)29-22-27(36-43(41,42)28-10-5-2-6-11-28)16-17-30(29)37-18-7-19-38(21-20-37)32(40)35-26-8-3-1-4-9-26/h2,5-6,10-17,22,26,36H,1,3-4,7-9,18-21,23H2,(H,34,39)(H,35,40). The lowest BCUT2D eigenvalue weighted by Gasteiger charge is -2.28. The average molecular weight is 608 g/mol. The zero-order valence-corrected chi connectivity index (χ0v) is 24.9. The van der Waals surface area contributed by atoms with Crippen molar-refractivity contribution in [1.29, 1.82) is 0 Å². The molecule has 1 aliphatic heterocycles. The van der Waals surface area contributed by atoms with E-state index in [9.17, 15) is 22.4 Å². The molecule has 1 heterocycles. The number of nitrogens with zero attached hydrogens (tertiary/aromatic N) is 2. The van der Waals surface area contributed by atoms with E-state index < -0.39 is 15.9 Å². The molecule has 228 valence electrons. The average Bonchev–Trinajstić information content (AvgIpc) is 3.28. The number of carbonyl (C=O) groups excluding carboxylic acids is 2. The molecule has 0 unspecified atom stereocenters. The summed E-state index contributed by atoms with van der Waals surface area (Å²) in [6, 6.07) is 19.0. The zero-order valence-electron chi connectivity index (χ0n) is 24.1. The molecule has 1 aliphatic carbocycles. The lowest BCUT2D eigenvalue weighted by molar-refractivity contribution is 0.0951. The van der Waals surface area contributed by atoms with Gasteiger partial charge < -0.3 is 20.4 Å². The molecule has 2 fully saturated rings. The highest BCUT2D eigenvalue weighted by molar-refractivity contribution is 7.92. The molecule has 2 aliphatic rings. The molecular formula is C32H38FN5O4S. The number of halogens is 1. The fraction of sp³-hybridized carbons (Fsp3) is 0.375. The Balaban J connectivity index is 1.34. The molecule has 0 radical (unpaired) electrons. The first-order valence-corrected chi connectivity index (χ1v) is 16.3. The number of anilines is 2. The highest BCUT2D eigenvalue weighted by Gasteiger charge is 2.25. The molecule has 9 nitrogen and oxygen atoms in total. The van der Waals surface area contributed by atoms with Gasteiger partial charge in [0, 0.05) is 50.1 Å². The Morgan fingerprint density at radius 1 is 0.837 bits per heavy atom. The molecule has 3 aromatic rings. The number of nitrogens with one attached hydrogen (secondary N) is 3. The van der Waals surface area contributed by atoms with Crippen LogP contribution in [-0.2, 0) is 16.6 Å². The lowest BCUT2D eigenvalue weighted by atomic mass is 9.96. The van der Waals surface area contributed by atoms with Crippen molar-refractivity contribution in [3.63, 3.8) is 0 Å². The van der Waals surface area contributed by atoms with Gasteiger partial charge >= 0.3 is 6.03 Å². The third-order valence-corrected chi connectivity index (χ3v) is 9.37. The maximum Gasteiger partial charge on any atom is 0.317 e. The topological polar surface area (TPSA) is 111 Å². The van der Waals surface area contributed by atoms with E-state index in [0.717, 1.165) is 37.7 Å². The monoisotopic (exact) mass is 607 g/mol. The molecule has 3 N–H and O–H groups in total. The highest BCUT2D eigenvalue weighted by atomic mass is 32.2. The van der Waals surface area contributed by atoms with Crippen molar-refractivity contribution >= 4 is 33.3 Å². The molecule has 1 saturated carbocycles. The van der Waals surface area contributed by atoms with Gasteiger partial charge in [-0.1, -0.05) is 49.6 Å². The number of hydrogen-bond donors (Lipinski definition) is 3. The number of urea groups is 1. The fourth-order valence-corrected chi connectivity index (χ4v) is 6.70. The summed E-state index contributed by atoms with van der Waals surface area (Å²) in [7, 11) is -3.87. The van der Waals surface area contributed by atoms with E-state index in [1.54, 1.807) is 42.5 Å². The van der Waals surface area contributed by atoms with Gasteiger partial charge in [-0.2, -0.15) is 0 Å². The molecular weight excluding hydrogens is 569 g/mol. The minimum Gasteiger partial charge on any atom is -0.369 e. The Hall–Kier alpha value is -4.12. The number of hydrogen-bond acceptors (Lipinski definition) is 5. The Labute approximate surface area is 252 Å². The first kappa shape index (κ1) is 30.3. The number of amides is 3. The zero-order chi connectivity index (χ0) is 30.2. The summed E-state index contributed by atoms with van der Waals surface area (Å²) >= 11 is 0. The predicted octanol–water partition coefficient (Wildman–Crippen LogP) is 5.11. The van der Waals surface area contributed by atoms with Crippen molar-refractivity contribution in [2.75, 3.05) is 35.8 Å². The van der Waals surface area contributed by atoms with Crippen molar-refractivity contribution in [3.05, 3.63) is 89.7 Å².